The number of rotatable bonds is 4. The number of hydrogen-bond donors (Lipinski definition) is 1. The van der Waals surface area contributed by atoms with Crippen molar-refractivity contribution in [3.8, 4) is 11.3 Å². The molecule has 0 saturated heterocycles. The lowest BCUT2D eigenvalue weighted by atomic mass is 10.1. The summed E-state index contributed by atoms with van der Waals surface area (Å²) in [6, 6.07) is 16.3. The van der Waals surface area contributed by atoms with E-state index in [2.05, 4.69) is 36.2 Å². The van der Waals surface area contributed by atoms with Gasteiger partial charge in [0.05, 0.1) is 16.2 Å². The third kappa shape index (κ3) is 2.89. The minimum Gasteiger partial charge on any atom is -0.316 e. The van der Waals surface area contributed by atoms with Gasteiger partial charge in [0.2, 0.25) is 0 Å². The summed E-state index contributed by atoms with van der Waals surface area (Å²) in [5.74, 6) is 0. The molecule has 0 fully saturated rings. The van der Waals surface area contributed by atoms with Gasteiger partial charge in [-0.1, -0.05) is 60.7 Å². The Morgan fingerprint density at radius 3 is 2.59 bits per heavy atom. The predicted molar refractivity (Wildman–Crippen MR) is 95.0 cm³/mol. The Labute approximate surface area is 135 Å². The zero-order valence-electron chi connectivity index (χ0n) is 12.4. The smallest absolute Gasteiger partial charge is 0.0730 e. The molecule has 110 valence electrons. The van der Waals surface area contributed by atoms with E-state index in [0.29, 0.717) is 0 Å². The van der Waals surface area contributed by atoms with E-state index in [4.69, 9.17) is 16.6 Å². The van der Waals surface area contributed by atoms with Crippen LogP contribution in [0.5, 0.6) is 0 Å². The second-order valence-corrected chi connectivity index (χ2v) is 5.60. The molecular weight excluding hydrogens is 292 g/mol. The molecule has 0 bridgehead atoms. The van der Waals surface area contributed by atoms with Crippen LogP contribution in [-0.4, -0.2) is 12.0 Å². The number of nitrogens with one attached hydrogen (secondary N) is 1. The lowest BCUT2D eigenvalue weighted by Gasteiger charge is -2.07. The largest absolute Gasteiger partial charge is 0.316 e. The minimum absolute atomic E-state index is 0.718. The number of halogens is 1. The van der Waals surface area contributed by atoms with Gasteiger partial charge in [0.1, 0.15) is 0 Å². The maximum atomic E-state index is 6.41. The second-order valence-electron chi connectivity index (χ2n) is 5.20. The van der Waals surface area contributed by atoms with Crippen LogP contribution in [0.4, 0.5) is 0 Å². The van der Waals surface area contributed by atoms with Crippen LogP contribution in [0.1, 0.15) is 11.1 Å². The summed E-state index contributed by atoms with van der Waals surface area (Å²) in [6.45, 7) is 4.66. The first-order chi connectivity index (χ1) is 10.7. The fourth-order valence-corrected chi connectivity index (χ4v) is 2.74. The second kappa shape index (κ2) is 6.30. The summed E-state index contributed by atoms with van der Waals surface area (Å²) >= 11 is 6.41. The Balaban J connectivity index is 2.08. The number of nitrogens with zero attached hydrogens (tertiary/aromatic N) is 1. The van der Waals surface area contributed by atoms with E-state index in [-0.39, 0.29) is 0 Å². The molecule has 1 heterocycles. The van der Waals surface area contributed by atoms with E-state index >= 15 is 0 Å². The van der Waals surface area contributed by atoms with Crippen molar-refractivity contribution in [2.75, 3.05) is 7.05 Å². The van der Waals surface area contributed by atoms with Gasteiger partial charge >= 0.3 is 0 Å². The average Bonchev–Trinajstić information content (AvgIpc) is 2.55. The Hall–Kier alpha value is -2.16. The first kappa shape index (κ1) is 14.8. The molecule has 0 aliphatic carbocycles. The summed E-state index contributed by atoms with van der Waals surface area (Å²) in [7, 11) is 1.94. The summed E-state index contributed by atoms with van der Waals surface area (Å²) in [4.78, 5) is 4.74. The Morgan fingerprint density at radius 1 is 1.14 bits per heavy atom. The third-order valence-corrected chi connectivity index (χ3v) is 3.96. The van der Waals surface area contributed by atoms with Crippen LogP contribution in [0.2, 0.25) is 5.02 Å². The van der Waals surface area contributed by atoms with Gasteiger partial charge in [0.15, 0.2) is 0 Å². The van der Waals surface area contributed by atoms with Crippen LogP contribution in [0.25, 0.3) is 28.2 Å². The molecule has 0 radical (unpaired) electrons. The molecular formula is C19H17ClN2. The van der Waals surface area contributed by atoms with E-state index in [0.717, 1.165) is 39.3 Å². The molecule has 0 spiro atoms. The molecule has 2 nitrogen and oxygen atoms in total. The zero-order valence-corrected chi connectivity index (χ0v) is 13.2. The molecule has 3 heteroatoms. The monoisotopic (exact) mass is 308 g/mol. The summed E-state index contributed by atoms with van der Waals surface area (Å²) in [6.07, 6.45) is 1.81. The molecule has 22 heavy (non-hydrogen) atoms. The fourth-order valence-electron chi connectivity index (χ4n) is 2.48. The molecule has 0 unspecified atom stereocenters. The molecule has 0 saturated carbocycles. The molecule has 0 aliphatic heterocycles. The Morgan fingerprint density at radius 2 is 1.91 bits per heavy atom. The standard InChI is InChI=1S/C19H17ClN2/c1-3-13-6-9-16-17(20)11-18(22-19(16)10-13)15-7-4-14(5-8-15)12-21-2/h3-11,21H,1,12H2,2H3. The molecule has 1 aromatic heterocycles. The molecule has 0 atom stereocenters. The van der Waals surface area contributed by atoms with Crippen molar-refractivity contribution in [3.05, 3.63) is 71.3 Å². The van der Waals surface area contributed by atoms with Gasteiger partial charge in [-0.15, -0.1) is 0 Å². The predicted octanol–water partition coefficient (Wildman–Crippen LogP) is 4.92. The molecule has 1 N–H and O–H groups in total. The van der Waals surface area contributed by atoms with Crippen molar-refractivity contribution in [2.24, 2.45) is 0 Å². The first-order valence-electron chi connectivity index (χ1n) is 7.18. The van der Waals surface area contributed by atoms with Crippen molar-refractivity contribution in [1.29, 1.82) is 0 Å². The molecule has 3 rings (SSSR count). The quantitative estimate of drug-likeness (QED) is 0.740. The van der Waals surface area contributed by atoms with E-state index in [1.165, 1.54) is 5.56 Å². The number of hydrogen-bond acceptors (Lipinski definition) is 2. The van der Waals surface area contributed by atoms with Crippen molar-refractivity contribution in [1.82, 2.24) is 10.3 Å². The highest BCUT2D eigenvalue weighted by molar-refractivity contribution is 6.35. The van der Waals surface area contributed by atoms with Crippen LogP contribution < -0.4 is 5.32 Å². The summed E-state index contributed by atoms with van der Waals surface area (Å²) in [5, 5.41) is 4.82. The highest BCUT2D eigenvalue weighted by Crippen LogP contribution is 2.29. The maximum absolute atomic E-state index is 6.41. The minimum atomic E-state index is 0.718. The van der Waals surface area contributed by atoms with Crippen molar-refractivity contribution in [2.45, 2.75) is 6.54 Å². The number of fused-ring (bicyclic) bond motifs is 1. The molecule has 2 aromatic carbocycles. The highest BCUT2D eigenvalue weighted by atomic mass is 35.5. The average molecular weight is 309 g/mol. The Kier molecular flexibility index (Phi) is 4.23. The fraction of sp³-hybridized carbons (Fsp3) is 0.105. The van der Waals surface area contributed by atoms with E-state index in [1.54, 1.807) is 0 Å². The van der Waals surface area contributed by atoms with Gasteiger partial charge in [-0.3, -0.25) is 0 Å². The highest BCUT2D eigenvalue weighted by Gasteiger charge is 2.07. The molecule has 3 aromatic rings. The lowest BCUT2D eigenvalue weighted by Crippen LogP contribution is -2.04. The van der Waals surface area contributed by atoms with Gasteiger partial charge in [0, 0.05) is 17.5 Å². The van der Waals surface area contributed by atoms with Gasteiger partial charge in [-0.25, -0.2) is 4.98 Å². The number of aromatic nitrogens is 1. The normalized spacial score (nSPS) is 10.8. The SMILES string of the molecule is C=Cc1ccc2c(Cl)cc(-c3ccc(CNC)cc3)nc2c1. The van der Waals surface area contributed by atoms with Gasteiger partial charge in [-0.2, -0.15) is 0 Å². The van der Waals surface area contributed by atoms with E-state index < -0.39 is 0 Å². The molecule has 0 aliphatic rings. The van der Waals surface area contributed by atoms with Gasteiger partial charge in [0.25, 0.3) is 0 Å². The number of benzene rings is 2. The van der Waals surface area contributed by atoms with Crippen LogP contribution in [-0.2, 0) is 6.54 Å². The van der Waals surface area contributed by atoms with Crippen LogP contribution >= 0.6 is 11.6 Å². The Bertz CT molecular complexity index is 823. The van der Waals surface area contributed by atoms with Crippen LogP contribution in [0, 0.1) is 0 Å². The van der Waals surface area contributed by atoms with Crippen LogP contribution in [0.15, 0.2) is 55.1 Å². The van der Waals surface area contributed by atoms with Gasteiger partial charge in [-0.05, 0) is 30.3 Å². The van der Waals surface area contributed by atoms with E-state index in [1.807, 2.05) is 37.4 Å². The maximum Gasteiger partial charge on any atom is 0.0730 e. The summed E-state index contributed by atoms with van der Waals surface area (Å²) in [5.41, 5.74) is 5.12. The zero-order chi connectivity index (χ0) is 15.5. The lowest BCUT2D eigenvalue weighted by molar-refractivity contribution is 0.818. The van der Waals surface area contributed by atoms with E-state index in [9.17, 15) is 0 Å². The topological polar surface area (TPSA) is 24.9 Å². The van der Waals surface area contributed by atoms with Crippen molar-refractivity contribution >= 4 is 28.6 Å². The van der Waals surface area contributed by atoms with Crippen molar-refractivity contribution in [3.63, 3.8) is 0 Å². The third-order valence-electron chi connectivity index (χ3n) is 3.65. The number of pyridine rings is 1. The van der Waals surface area contributed by atoms with Gasteiger partial charge < -0.3 is 5.32 Å². The van der Waals surface area contributed by atoms with Crippen LogP contribution in [0.3, 0.4) is 0 Å². The first-order valence-corrected chi connectivity index (χ1v) is 7.55. The van der Waals surface area contributed by atoms with Crippen molar-refractivity contribution < 1.29 is 0 Å². The molecule has 0 amide bonds. The summed E-state index contributed by atoms with van der Waals surface area (Å²) < 4.78 is 0.